The molecule has 1 radical (unpaired) electrons. The molecule has 0 aliphatic carbocycles. The Hall–Kier alpha value is -0.744. The molecule has 0 unspecified atom stereocenters. The normalized spacial score (nSPS) is 8.00. The first kappa shape index (κ1) is 8.26. The minimum atomic E-state index is 0. The topological polar surface area (TPSA) is 64.9 Å². The molecule has 0 amide bonds. The third-order valence-corrected chi connectivity index (χ3v) is 0.792. The van der Waals surface area contributed by atoms with E-state index in [9.17, 15) is 0 Å². The molecule has 0 fully saturated rings. The van der Waals surface area contributed by atoms with Crippen molar-refractivity contribution in [3.63, 3.8) is 0 Å². The van der Waals surface area contributed by atoms with Crippen LogP contribution in [0.2, 0.25) is 0 Å². The van der Waals surface area contributed by atoms with Crippen molar-refractivity contribution >= 4 is 11.6 Å². The van der Waals surface area contributed by atoms with Crippen molar-refractivity contribution in [1.82, 2.24) is 4.98 Å². The average molecular weight is 168 g/mol. The van der Waals surface area contributed by atoms with Crippen LogP contribution in [0, 0.1) is 0 Å². The summed E-state index contributed by atoms with van der Waals surface area (Å²) in [5.74, 6) is 0.926. The molecular formula is C5H7CoN3. The Morgan fingerprint density at radius 2 is 1.56 bits per heavy atom. The second kappa shape index (κ2) is 3.32. The molecule has 0 atom stereocenters. The number of rotatable bonds is 0. The summed E-state index contributed by atoms with van der Waals surface area (Å²) in [6, 6.07) is 5.14. The van der Waals surface area contributed by atoms with E-state index >= 15 is 0 Å². The fourth-order valence-corrected chi connectivity index (χ4v) is 0.469. The molecular weight excluding hydrogens is 161 g/mol. The molecule has 1 aromatic rings. The largest absolute Gasteiger partial charge is 0.384 e. The van der Waals surface area contributed by atoms with Crippen molar-refractivity contribution in [3.8, 4) is 0 Å². The first-order valence-corrected chi connectivity index (χ1v) is 2.27. The van der Waals surface area contributed by atoms with Gasteiger partial charge in [-0.15, -0.1) is 0 Å². The van der Waals surface area contributed by atoms with Gasteiger partial charge in [-0.05, 0) is 12.1 Å². The fourth-order valence-electron chi connectivity index (χ4n) is 0.469. The smallest absolute Gasteiger partial charge is 0.125 e. The van der Waals surface area contributed by atoms with Gasteiger partial charge in [-0.2, -0.15) is 0 Å². The monoisotopic (exact) mass is 168 g/mol. The van der Waals surface area contributed by atoms with Crippen LogP contribution in [-0.4, -0.2) is 4.98 Å². The van der Waals surface area contributed by atoms with Crippen molar-refractivity contribution in [3.05, 3.63) is 18.2 Å². The van der Waals surface area contributed by atoms with Gasteiger partial charge < -0.3 is 11.5 Å². The van der Waals surface area contributed by atoms with Crippen LogP contribution in [0.1, 0.15) is 0 Å². The van der Waals surface area contributed by atoms with E-state index in [4.69, 9.17) is 11.5 Å². The van der Waals surface area contributed by atoms with Crippen LogP contribution in [0.3, 0.4) is 0 Å². The van der Waals surface area contributed by atoms with Crippen molar-refractivity contribution in [2.45, 2.75) is 0 Å². The summed E-state index contributed by atoms with van der Waals surface area (Å²) < 4.78 is 0. The predicted octanol–water partition coefficient (Wildman–Crippen LogP) is 0.243. The standard InChI is InChI=1S/C5H7N3.Co/c6-4-2-1-3-5(7)8-4;/h1-3H,(H4,6,7,8);. The third kappa shape index (κ3) is 2.34. The maximum Gasteiger partial charge on any atom is 0.125 e. The molecule has 0 aromatic carbocycles. The first-order chi connectivity index (χ1) is 3.79. The van der Waals surface area contributed by atoms with Crippen LogP contribution in [0.5, 0.6) is 0 Å². The Morgan fingerprint density at radius 1 is 1.11 bits per heavy atom. The third-order valence-electron chi connectivity index (χ3n) is 0.792. The van der Waals surface area contributed by atoms with E-state index in [1.54, 1.807) is 18.2 Å². The zero-order valence-electron chi connectivity index (χ0n) is 4.67. The predicted molar refractivity (Wildman–Crippen MR) is 33.1 cm³/mol. The SMILES string of the molecule is Nc1cccc(N)n1.[Co]. The molecule has 0 bridgehead atoms. The van der Waals surface area contributed by atoms with Crippen molar-refractivity contribution in [2.24, 2.45) is 0 Å². The van der Waals surface area contributed by atoms with Crippen LogP contribution in [0.4, 0.5) is 11.6 Å². The van der Waals surface area contributed by atoms with Crippen LogP contribution in [-0.2, 0) is 16.8 Å². The van der Waals surface area contributed by atoms with Crippen LogP contribution < -0.4 is 11.5 Å². The van der Waals surface area contributed by atoms with Gasteiger partial charge in [-0.1, -0.05) is 6.07 Å². The van der Waals surface area contributed by atoms with Crippen molar-refractivity contribution < 1.29 is 16.8 Å². The summed E-state index contributed by atoms with van der Waals surface area (Å²) in [5, 5.41) is 0. The van der Waals surface area contributed by atoms with Crippen molar-refractivity contribution in [2.75, 3.05) is 11.5 Å². The number of nitrogen functional groups attached to an aromatic ring is 2. The Kier molecular flexibility index (Phi) is 3.04. The van der Waals surface area contributed by atoms with Crippen LogP contribution in [0.25, 0.3) is 0 Å². The van der Waals surface area contributed by atoms with E-state index in [0.29, 0.717) is 11.6 Å². The number of hydrogen-bond donors (Lipinski definition) is 2. The zero-order valence-corrected chi connectivity index (χ0v) is 5.71. The minimum absolute atomic E-state index is 0. The molecule has 0 saturated carbocycles. The first-order valence-electron chi connectivity index (χ1n) is 2.27. The summed E-state index contributed by atoms with van der Waals surface area (Å²) in [7, 11) is 0. The van der Waals surface area contributed by atoms with Gasteiger partial charge in [-0.3, -0.25) is 0 Å². The Morgan fingerprint density at radius 3 is 1.78 bits per heavy atom. The Labute approximate surface area is 63.7 Å². The minimum Gasteiger partial charge on any atom is -0.384 e. The van der Waals surface area contributed by atoms with Gasteiger partial charge in [0.15, 0.2) is 0 Å². The van der Waals surface area contributed by atoms with E-state index in [1.807, 2.05) is 0 Å². The van der Waals surface area contributed by atoms with E-state index in [0.717, 1.165) is 0 Å². The maximum absolute atomic E-state index is 5.27. The molecule has 1 aromatic heterocycles. The van der Waals surface area contributed by atoms with Gasteiger partial charge in [0, 0.05) is 16.8 Å². The van der Waals surface area contributed by atoms with E-state index in [1.165, 1.54) is 0 Å². The van der Waals surface area contributed by atoms with Crippen LogP contribution in [0.15, 0.2) is 18.2 Å². The van der Waals surface area contributed by atoms with Gasteiger partial charge in [0.1, 0.15) is 11.6 Å². The molecule has 1 rings (SSSR count). The number of anilines is 2. The molecule has 0 saturated heterocycles. The molecule has 4 heteroatoms. The second-order valence-corrected chi connectivity index (χ2v) is 1.49. The number of pyridine rings is 1. The average Bonchev–Trinajstić information content (AvgIpc) is 1.64. The molecule has 9 heavy (non-hydrogen) atoms. The molecule has 0 aliphatic rings. The summed E-state index contributed by atoms with van der Waals surface area (Å²) in [6.07, 6.45) is 0. The number of nitrogens with two attached hydrogens (primary N) is 2. The fraction of sp³-hybridized carbons (Fsp3) is 0. The second-order valence-electron chi connectivity index (χ2n) is 1.49. The summed E-state index contributed by atoms with van der Waals surface area (Å²) in [5.41, 5.74) is 10.5. The van der Waals surface area contributed by atoms with E-state index in [2.05, 4.69) is 4.98 Å². The number of nitrogens with zero attached hydrogens (tertiary/aromatic N) is 1. The molecule has 51 valence electrons. The Balaban J connectivity index is 0.000000640. The quantitative estimate of drug-likeness (QED) is 0.583. The van der Waals surface area contributed by atoms with Gasteiger partial charge in [0.05, 0.1) is 0 Å². The molecule has 1 heterocycles. The summed E-state index contributed by atoms with van der Waals surface area (Å²) in [4.78, 5) is 3.73. The number of aromatic nitrogens is 1. The zero-order chi connectivity index (χ0) is 5.98. The molecule has 4 N–H and O–H groups in total. The van der Waals surface area contributed by atoms with E-state index < -0.39 is 0 Å². The molecule has 0 spiro atoms. The summed E-state index contributed by atoms with van der Waals surface area (Å²) >= 11 is 0. The molecule has 3 nitrogen and oxygen atoms in total. The van der Waals surface area contributed by atoms with Crippen LogP contribution >= 0.6 is 0 Å². The number of hydrogen-bond acceptors (Lipinski definition) is 3. The van der Waals surface area contributed by atoms with Gasteiger partial charge in [-0.25, -0.2) is 4.98 Å². The van der Waals surface area contributed by atoms with E-state index in [-0.39, 0.29) is 16.8 Å². The van der Waals surface area contributed by atoms with Gasteiger partial charge in [0.2, 0.25) is 0 Å². The van der Waals surface area contributed by atoms with Crippen molar-refractivity contribution in [1.29, 1.82) is 0 Å². The van der Waals surface area contributed by atoms with Gasteiger partial charge >= 0.3 is 0 Å². The summed E-state index contributed by atoms with van der Waals surface area (Å²) in [6.45, 7) is 0. The Bertz CT molecular complexity index is 172. The molecule has 0 aliphatic heterocycles. The van der Waals surface area contributed by atoms with Gasteiger partial charge in [0.25, 0.3) is 0 Å². The maximum atomic E-state index is 5.27.